The van der Waals surface area contributed by atoms with Gasteiger partial charge in [0, 0.05) is 17.3 Å². The predicted octanol–water partition coefficient (Wildman–Crippen LogP) is 1.06. The Hall–Kier alpha value is -3.41. The fourth-order valence-electron chi connectivity index (χ4n) is 3.16. The topological polar surface area (TPSA) is 72.9 Å². The highest BCUT2D eigenvalue weighted by Crippen LogP contribution is 2.21. The number of nitrogens with one attached hydrogen (secondary N) is 3. The third-order valence-electron chi connectivity index (χ3n) is 4.56. The normalized spacial score (nSPS) is 17.1. The number of nitrogens with zero attached hydrogens (tertiary/aromatic N) is 2. The van der Waals surface area contributed by atoms with Crippen molar-refractivity contribution in [3.05, 3.63) is 93.4 Å². The van der Waals surface area contributed by atoms with Gasteiger partial charge >= 0.3 is 5.96 Å². The van der Waals surface area contributed by atoms with Crippen LogP contribution in [0, 0.1) is 13.8 Å². The second-order valence-corrected chi connectivity index (χ2v) is 6.73. The standard InChI is InChI=1S/C21H21N5O/c1-14-8-10-17(11-9-14)19-24-20(22-13-16-6-4-3-5-7-16)25-21-23-15(2)12-18(27)26(19)21/h3-12,19H,13H2,1-2H3,(H2,22,23,24,25)/p+1/t19-/m1/s1. The molecule has 0 amide bonds. The zero-order valence-electron chi connectivity index (χ0n) is 15.4. The van der Waals surface area contributed by atoms with Gasteiger partial charge in [-0.15, -0.1) is 0 Å². The Morgan fingerprint density at radius 3 is 2.56 bits per heavy atom. The summed E-state index contributed by atoms with van der Waals surface area (Å²) in [7, 11) is 0. The molecule has 3 N–H and O–H groups in total. The molecule has 27 heavy (non-hydrogen) atoms. The molecule has 0 radical (unpaired) electrons. The van der Waals surface area contributed by atoms with Crippen LogP contribution >= 0.6 is 0 Å². The lowest BCUT2D eigenvalue weighted by molar-refractivity contribution is -0.477. The largest absolute Gasteiger partial charge is 0.353 e. The van der Waals surface area contributed by atoms with E-state index in [1.165, 1.54) is 11.1 Å². The number of aromatic nitrogens is 2. The quantitative estimate of drug-likeness (QED) is 0.653. The molecule has 1 atom stereocenters. The van der Waals surface area contributed by atoms with Crippen LogP contribution < -0.4 is 21.2 Å². The summed E-state index contributed by atoms with van der Waals surface area (Å²) >= 11 is 0. The Bertz CT molecular complexity index is 1040. The van der Waals surface area contributed by atoms with E-state index >= 15 is 0 Å². The Kier molecular flexibility index (Phi) is 4.46. The Morgan fingerprint density at radius 2 is 1.81 bits per heavy atom. The Morgan fingerprint density at radius 1 is 1.07 bits per heavy atom. The van der Waals surface area contributed by atoms with Gasteiger partial charge < -0.3 is 0 Å². The van der Waals surface area contributed by atoms with Crippen LogP contribution in [0.3, 0.4) is 0 Å². The fourth-order valence-corrected chi connectivity index (χ4v) is 3.16. The first-order chi connectivity index (χ1) is 13.1. The summed E-state index contributed by atoms with van der Waals surface area (Å²) in [5.74, 6) is 1.25. The van der Waals surface area contributed by atoms with E-state index in [9.17, 15) is 4.79 Å². The number of fused-ring (bicyclic) bond motifs is 1. The van der Waals surface area contributed by atoms with Gasteiger partial charge in [-0.25, -0.2) is 14.9 Å². The maximum Gasteiger partial charge on any atom is 0.353 e. The number of hydrogen-bond acceptors (Lipinski definition) is 2. The van der Waals surface area contributed by atoms with E-state index in [4.69, 9.17) is 0 Å². The number of aryl methyl sites for hydroxylation is 2. The van der Waals surface area contributed by atoms with Gasteiger partial charge in [-0.3, -0.25) is 15.1 Å². The first kappa shape index (κ1) is 17.0. The molecule has 6 heteroatoms. The third-order valence-corrected chi connectivity index (χ3v) is 4.56. The van der Waals surface area contributed by atoms with Crippen molar-refractivity contribution in [1.82, 2.24) is 14.9 Å². The van der Waals surface area contributed by atoms with E-state index in [0.29, 0.717) is 18.2 Å². The second-order valence-electron chi connectivity index (χ2n) is 6.73. The maximum atomic E-state index is 12.6. The average Bonchev–Trinajstić information content (AvgIpc) is 2.67. The van der Waals surface area contributed by atoms with Gasteiger partial charge in [-0.2, -0.15) is 0 Å². The molecule has 0 bridgehead atoms. The third kappa shape index (κ3) is 3.60. The molecule has 1 aromatic heterocycles. The SMILES string of the molecule is Cc1ccc([C@@H]2NC(=[NH+]Cc3ccccc3)Nc3nc(C)cc(=O)n32)cc1. The van der Waals surface area contributed by atoms with Crippen LogP contribution in [-0.2, 0) is 6.54 Å². The molecular formula is C21H22N5O+. The average molecular weight is 360 g/mol. The molecule has 2 heterocycles. The molecule has 0 spiro atoms. The summed E-state index contributed by atoms with van der Waals surface area (Å²) in [4.78, 5) is 20.5. The number of hydrogen-bond donors (Lipinski definition) is 3. The van der Waals surface area contributed by atoms with Crippen molar-refractivity contribution in [2.75, 3.05) is 5.32 Å². The molecule has 6 nitrogen and oxygen atoms in total. The van der Waals surface area contributed by atoms with Crippen LogP contribution in [0.2, 0.25) is 0 Å². The Balaban J connectivity index is 1.74. The molecular weight excluding hydrogens is 338 g/mol. The van der Waals surface area contributed by atoms with Crippen molar-refractivity contribution in [1.29, 1.82) is 0 Å². The van der Waals surface area contributed by atoms with Crippen molar-refractivity contribution >= 4 is 11.9 Å². The predicted molar refractivity (Wildman–Crippen MR) is 105 cm³/mol. The van der Waals surface area contributed by atoms with E-state index in [2.05, 4.69) is 32.7 Å². The zero-order valence-corrected chi connectivity index (χ0v) is 15.4. The molecule has 0 unspecified atom stereocenters. The molecule has 4 rings (SSSR count). The molecule has 1 aliphatic heterocycles. The van der Waals surface area contributed by atoms with Crippen LogP contribution in [0.4, 0.5) is 5.95 Å². The summed E-state index contributed by atoms with van der Waals surface area (Å²) in [5.41, 5.74) is 3.93. The van der Waals surface area contributed by atoms with Gasteiger partial charge in [0.05, 0.1) is 6.54 Å². The molecule has 136 valence electrons. The summed E-state index contributed by atoms with van der Waals surface area (Å²) in [6.07, 6.45) is -0.333. The molecule has 3 aromatic rings. The van der Waals surface area contributed by atoms with E-state index in [0.717, 1.165) is 11.5 Å². The van der Waals surface area contributed by atoms with Crippen LogP contribution in [0.25, 0.3) is 0 Å². The van der Waals surface area contributed by atoms with Crippen molar-refractivity contribution in [3.63, 3.8) is 0 Å². The van der Waals surface area contributed by atoms with Crippen LogP contribution in [-0.4, -0.2) is 15.5 Å². The van der Waals surface area contributed by atoms with Gasteiger partial charge in [0.2, 0.25) is 0 Å². The molecule has 0 fully saturated rings. The fraction of sp³-hybridized carbons (Fsp3) is 0.190. The lowest BCUT2D eigenvalue weighted by Gasteiger charge is -2.26. The van der Waals surface area contributed by atoms with Crippen molar-refractivity contribution < 1.29 is 4.99 Å². The van der Waals surface area contributed by atoms with Gasteiger partial charge in [-0.1, -0.05) is 60.2 Å². The van der Waals surface area contributed by atoms with E-state index in [1.54, 1.807) is 10.6 Å². The minimum absolute atomic E-state index is 0.0924. The zero-order chi connectivity index (χ0) is 18.8. The molecule has 0 saturated heterocycles. The lowest BCUT2D eigenvalue weighted by Crippen LogP contribution is -2.78. The summed E-state index contributed by atoms with van der Waals surface area (Å²) in [5, 5.41) is 6.60. The Labute approximate surface area is 157 Å². The number of guanidine groups is 1. The molecule has 1 aliphatic rings. The molecule has 0 saturated carbocycles. The highest BCUT2D eigenvalue weighted by molar-refractivity contribution is 5.89. The highest BCUT2D eigenvalue weighted by atomic mass is 16.1. The van der Waals surface area contributed by atoms with Crippen LogP contribution in [0.15, 0.2) is 65.5 Å². The van der Waals surface area contributed by atoms with E-state index in [1.807, 2.05) is 56.3 Å². The van der Waals surface area contributed by atoms with Crippen molar-refractivity contribution in [3.8, 4) is 0 Å². The lowest BCUT2D eigenvalue weighted by atomic mass is 10.1. The van der Waals surface area contributed by atoms with Gasteiger partial charge in [0.25, 0.3) is 11.5 Å². The minimum atomic E-state index is -0.333. The molecule has 0 aliphatic carbocycles. The van der Waals surface area contributed by atoms with Crippen LogP contribution in [0.5, 0.6) is 0 Å². The highest BCUT2D eigenvalue weighted by Gasteiger charge is 2.31. The van der Waals surface area contributed by atoms with E-state index in [-0.39, 0.29) is 11.7 Å². The summed E-state index contributed by atoms with van der Waals surface area (Å²) in [6, 6.07) is 19.9. The maximum absolute atomic E-state index is 12.6. The van der Waals surface area contributed by atoms with Gasteiger partial charge in [-0.05, 0) is 19.4 Å². The minimum Gasteiger partial charge on any atom is -0.273 e. The number of benzene rings is 2. The number of anilines is 1. The van der Waals surface area contributed by atoms with Gasteiger partial charge in [0.15, 0.2) is 6.17 Å². The monoisotopic (exact) mass is 360 g/mol. The first-order valence-corrected chi connectivity index (χ1v) is 8.95. The van der Waals surface area contributed by atoms with E-state index < -0.39 is 0 Å². The first-order valence-electron chi connectivity index (χ1n) is 8.95. The van der Waals surface area contributed by atoms with Crippen LogP contribution in [0.1, 0.15) is 28.6 Å². The van der Waals surface area contributed by atoms with Crippen molar-refractivity contribution in [2.45, 2.75) is 26.6 Å². The number of rotatable bonds is 3. The summed E-state index contributed by atoms with van der Waals surface area (Å²) in [6.45, 7) is 4.53. The second kappa shape index (κ2) is 7.07. The van der Waals surface area contributed by atoms with Gasteiger partial charge in [0.1, 0.15) is 0 Å². The van der Waals surface area contributed by atoms with Crippen molar-refractivity contribution in [2.24, 2.45) is 0 Å². The summed E-state index contributed by atoms with van der Waals surface area (Å²) < 4.78 is 1.64. The smallest absolute Gasteiger partial charge is 0.273 e. The molecule has 2 aromatic carbocycles.